The van der Waals surface area contributed by atoms with Gasteiger partial charge in [0.05, 0.1) is 7.11 Å². The second-order valence-corrected chi connectivity index (χ2v) is 2.76. The van der Waals surface area contributed by atoms with Gasteiger partial charge in [-0.2, -0.15) is 0 Å². The summed E-state index contributed by atoms with van der Waals surface area (Å²) in [6, 6.07) is -0.669. The van der Waals surface area contributed by atoms with Crippen LogP contribution in [0.2, 0.25) is 0 Å². The van der Waals surface area contributed by atoms with E-state index >= 15 is 0 Å². The second kappa shape index (κ2) is 4.58. The van der Waals surface area contributed by atoms with Crippen molar-refractivity contribution in [3.63, 3.8) is 0 Å². The van der Waals surface area contributed by atoms with Gasteiger partial charge in [-0.05, 0) is 5.92 Å². The molecule has 0 saturated carbocycles. The zero-order chi connectivity index (χ0) is 9.72. The zero-order valence-corrected chi connectivity index (χ0v) is 7.46. The van der Waals surface area contributed by atoms with Gasteiger partial charge in [-0.3, -0.25) is 4.79 Å². The Labute approximate surface area is 71.3 Å². The molecule has 0 fully saturated rings. The third-order valence-corrected chi connectivity index (χ3v) is 1.43. The molecule has 5 heteroatoms. The molecule has 0 spiro atoms. The molecule has 0 aromatic carbocycles. The molecule has 12 heavy (non-hydrogen) atoms. The van der Waals surface area contributed by atoms with E-state index in [1.165, 1.54) is 7.11 Å². The Morgan fingerprint density at radius 1 is 1.42 bits per heavy atom. The predicted octanol–water partition coefficient (Wildman–Crippen LogP) is -0.148. The quantitative estimate of drug-likeness (QED) is 0.624. The van der Waals surface area contributed by atoms with Gasteiger partial charge < -0.3 is 15.8 Å². The van der Waals surface area contributed by atoms with E-state index in [2.05, 4.69) is 10.1 Å². The molecular weight excluding hydrogens is 160 g/mol. The highest BCUT2D eigenvalue weighted by atomic mass is 16.5. The first kappa shape index (κ1) is 10.7. The summed E-state index contributed by atoms with van der Waals surface area (Å²) >= 11 is 0. The van der Waals surface area contributed by atoms with E-state index in [0.717, 1.165) is 0 Å². The maximum atomic E-state index is 10.7. The number of alkyl carbamates (subject to hydrolysis) is 1. The van der Waals surface area contributed by atoms with Crippen molar-refractivity contribution in [1.82, 2.24) is 5.32 Å². The summed E-state index contributed by atoms with van der Waals surface area (Å²) in [5, 5.41) is 2.33. The maximum Gasteiger partial charge on any atom is 0.407 e. The number of ether oxygens (including phenoxy) is 1. The van der Waals surface area contributed by atoms with Crippen molar-refractivity contribution >= 4 is 12.0 Å². The minimum absolute atomic E-state index is 0.0402. The molecule has 0 bridgehead atoms. The number of nitrogens with two attached hydrogens (primary N) is 1. The number of methoxy groups -OCH3 is 1. The summed E-state index contributed by atoms with van der Waals surface area (Å²) < 4.78 is 4.32. The van der Waals surface area contributed by atoms with E-state index in [0.29, 0.717) is 0 Å². The predicted molar refractivity (Wildman–Crippen MR) is 43.4 cm³/mol. The number of nitrogens with one attached hydrogen (secondary N) is 1. The average Bonchev–Trinajstić information content (AvgIpc) is 1.98. The van der Waals surface area contributed by atoms with Crippen LogP contribution in [0, 0.1) is 5.92 Å². The fourth-order valence-electron chi connectivity index (χ4n) is 0.752. The van der Waals surface area contributed by atoms with Crippen LogP contribution in [0.25, 0.3) is 0 Å². The SMILES string of the molecule is COC(=O)NC(C(N)=O)C(C)C. The molecule has 0 aliphatic rings. The van der Waals surface area contributed by atoms with Crippen molar-refractivity contribution in [3.8, 4) is 0 Å². The number of hydrogen-bond donors (Lipinski definition) is 2. The van der Waals surface area contributed by atoms with Crippen LogP contribution in [-0.2, 0) is 9.53 Å². The highest BCUT2D eigenvalue weighted by molar-refractivity contribution is 5.84. The summed E-state index contributed by atoms with van der Waals surface area (Å²) in [4.78, 5) is 21.4. The van der Waals surface area contributed by atoms with Crippen LogP contribution in [0.1, 0.15) is 13.8 Å². The first-order chi connectivity index (χ1) is 5.49. The van der Waals surface area contributed by atoms with Crippen molar-refractivity contribution in [1.29, 1.82) is 0 Å². The van der Waals surface area contributed by atoms with Gasteiger partial charge in [-0.25, -0.2) is 4.79 Å². The molecule has 70 valence electrons. The summed E-state index contributed by atoms with van der Waals surface area (Å²) in [5.41, 5.74) is 5.03. The van der Waals surface area contributed by atoms with E-state index in [9.17, 15) is 9.59 Å². The monoisotopic (exact) mass is 174 g/mol. The van der Waals surface area contributed by atoms with Gasteiger partial charge >= 0.3 is 6.09 Å². The fourth-order valence-corrected chi connectivity index (χ4v) is 0.752. The fraction of sp³-hybridized carbons (Fsp3) is 0.714. The lowest BCUT2D eigenvalue weighted by molar-refractivity contribution is -0.120. The third-order valence-electron chi connectivity index (χ3n) is 1.43. The summed E-state index contributed by atoms with van der Waals surface area (Å²) in [6.07, 6.45) is -0.646. The molecular formula is C7H14N2O3. The molecule has 0 aliphatic carbocycles. The molecule has 0 heterocycles. The molecule has 0 saturated heterocycles. The van der Waals surface area contributed by atoms with Crippen molar-refractivity contribution in [2.45, 2.75) is 19.9 Å². The van der Waals surface area contributed by atoms with Crippen LogP contribution in [-0.4, -0.2) is 25.2 Å². The minimum atomic E-state index is -0.669. The lowest BCUT2D eigenvalue weighted by Gasteiger charge is -2.17. The smallest absolute Gasteiger partial charge is 0.407 e. The number of amides is 2. The summed E-state index contributed by atoms with van der Waals surface area (Å²) in [6.45, 7) is 3.57. The number of primary amides is 1. The van der Waals surface area contributed by atoms with Crippen LogP contribution >= 0.6 is 0 Å². The van der Waals surface area contributed by atoms with Gasteiger partial charge in [0.25, 0.3) is 0 Å². The van der Waals surface area contributed by atoms with Crippen LogP contribution in [0.5, 0.6) is 0 Å². The largest absolute Gasteiger partial charge is 0.453 e. The number of carbonyl (C=O) groups excluding carboxylic acids is 2. The van der Waals surface area contributed by atoms with E-state index in [4.69, 9.17) is 5.73 Å². The highest BCUT2D eigenvalue weighted by Gasteiger charge is 2.21. The Kier molecular flexibility index (Phi) is 4.10. The van der Waals surface area contributed by atoms with E-state index < -0.39 is 18.0 Å². The van der Waals surface area contributed by atoms with Crippen molar-refractivity contribution < 1.29 is 14.3 Å². The Bertz CT molecular complexity index is 179. The lowest BCUT2D eigenvalue weighted by Crippen LogP contribution is -2.47. The first-order valence-electron chi connectivity index (χ1n) is 3.62. The molecule has 0 aliphatic heterocycles. The van der Waals surface area contributed by atoms with Crippen LogP contribution in [0.3, 0.4) is 0 Å². The van der Waals surface area contributed by atoms with Crippen LogP contribution in [0.15, 0.2) is 0 Å². The Morgan fingerprint density at radius 2 is 1.92 bits per heavy atom. The maximum absolute atomic E-state index is 10.7. The first-order valence-corrected chi connectivity index (χ1v) is 3.62. The number of carbonyl (C=O) groups is 2. The molecule has 1 unspecified atom stereocenters. The molecule has 0 radical (unpaired) electrons. The third kappa shape index (κ3) is 3.23. The molecule has 0 rings (SSSR count). The average molecular weight is 174 g/mol. The Hall–Kier alpha value is -1.26. The second-order valence-electron chi connectivity index (χ2n) is 2.76. The number of hydrogen-bond acceptors (Lipinski definition) is 3. The standard InChI is InChI=1S/C7H14N2O3/c1-4(2)5(6(8)10)9-7(11)12-3/h4-5H,1-3H3,(H2,8,10)(H,9,11). The highest BCUT2D eigenvalue weighted by Crippen LogP contribution is 2.00. The van der Waals surface area contributed by atoms with E-state index in [1.807, 2.05) is 0 Å². The topological polar surface area (TPSA) is 81.4 Å². The normalized spacial score (nSPS) is 12.3. The summed E-state index contributed by atoms with van der Waals surface area (Å²) in [5.74, 6) is -0.600. The van der Waals surface area contributed by atoms with Gasteiger partial charge in [0.15, 0.2) is 0 Å². The molecule has 3 N–H and O–H groups in total. The molecule has 1 atom stereocenters. The Balaban J connectivity index is 4.14. The van der Waals surface area contributed by atoms with Crippen molar-refractivity contribution in [2.75, 3.05) is 7.11 Å². The molecule has 5 nitrogen and oxygen atoms in total. The molecule has 2 amide bonds. The summed E-state index contributed by atoms with van der Waals surface area (Å²) in [7, 11) is 1.23. The van der Waals surface area contributed by atoms with Gasteiger partial charge in [0, 0.05) is 0 Å². The van der Waals surface area contributed by atoms with Gasteiger partial charge in [0.1, 0.15) is 6.04 Å². The molecule has 0 aromatic heterocycles. The van der Waals surface area contributed by atoms with E-state index in [-0.39, 0.29) is 5.92 Å². The van der Waals surface area contributed by atoms with Crippen molar-refractivity contribution in [2.24, 2.45) is 11.7 Å². The van der Waals surface area contributed by atoms with Crippen LogP contribution < -0.4 is 11.1 Å². The zero-order valence-electron chi connectivity index (χ0n) is 7.46. The Morgan fingerprint density at radius 3 is 2.17 bits per heavy atom. The minimum Gasteiger partial charge on any atom is -0.453 e. The number of rotatable bonds is 3. The van der Waals surface area contributed by atoms with Crippen LogP contribution in [0.4, 0.5) is 4.79 Å². The van der Waals surface area contributed by atoms with E-state index in [1.54, 1.807) is 13.8 Å². The van der Waals surface area contributed by atoms with Gasteiger partial charge in [0.2, 0.25) is 5.91 Å². The lowest BCUT2D eigenvalue weighted by atomic mass is 10.0. The van der Waals surface area contributed by atoms with Gasteiger partial charge in [-0.1, -0.05) is 13.8 Å². The van der Waals surface area contributed by atoms with Gasteiger partial charge in [-0.15, -0.1) is 0 Å². The van der Waals surface area contributed by atoms with Crippen molar-refractivity contribution in [3.05, 3.63) is 0 Å². The molecule has 0 aromatic rings.